The molecular formula is C20H22N4O3. The van der Waals surface area contributed by atoms with Crippen molar-refractivity contribution in [3.8, 4) is 5.75 Å². The highest BCUT2D eigenvalue weighted by Gasteiger charge is 2.10. The normalized spacial score (nSPS) is 10.7. The summed E-state index contributed by atoms with van der Waals surface area (Å²) in [6, 6.07) is 12.6. The molecule has 0 fully saturated rings. The van der Waals surface area contributed by atoms with Crippen LogP contribution in [-0.4, -0.2) is 28.0 Å². The standard InChI is InChI=1S/C20H22N4O3/c1-2-3-12-27-17-7-4-15(5-8-17)10-11-21-20-18-13-16(24(25)26)6-9-19(18)22-14-23-20/h4-9,13-14H,2-3,10-12H2,1H3,(H,21,22,23). The van der Waals surface area contributed by atoms with Crippen LogP contribution in [0.4, 0.5) is 11.5 Å². The number of hydrogen-bond acceptors (Lipinski definition) is 6. The molecule has 0 bridgehead atoms. The maximum Gasteiger partial charge on any atom is 0.270 e. The zero-order valence-electron chi connectivity index (χ0n) is 15.2. The van der Waals surface area contributed by atoms with Crippen molar-refractivity contribution in [2.75, 3.05) is 18.5 Å². The molecule has 0 aliphatic rings. The van der Waals surface area contributed by atoms with E-state index in [4.69, 9.17) is 4.74 Å². The summed E-state index contributed by atoms with van der Waals surface area (Å²) < 4.78 is 5.67. The van der Waals surface area contributed by atoms with Gasteiger partial charge in [0.1, 0.15) is 17.9 Å². The summed E-state index contributed by atoms with van der Waals surface area (Å²) in [5.41, 5.74) is 1.88. The Hall–Kier alpha value is -3.22. The number of aromatic nitrogens is 2. The summed E-state index contributed by atoms with van der Waals surface area (Å²) in [6.07, 6.45) is 4.43. The van der Waals surface area contributed by atoms with Crippen LogP contribution in [0.3, 0.4) is 0 Å². The lowest BCUT2D eigenvalue weighted by Crippen LogP contribution is -2.07. The third-order valence-corrected chi connectivity index (χ3v) is 4.23. The summed E-state index contributed by atoms with van der Waals surface area (Å²) in [6.45, 7) is 3.54. The number of anilines is 1. The second-order valence-electron chi connectivity index (χ2n) is 6.20. The first-order chi connectivity index (χ1) is 13.2. The molecule has 1 N–H and O–H groups in total. The van der Waals surface area contributed by atoms with Crippen molar-refractivity contribution in [2.45, 2.75) is 26.2 Å². The molecule has 0 radical (unpaired) electrons. The molecule has 0 saturated carbocycles. The van der Waals surface area contributed by atoms with Crippen LogP contribution in [0, 0.1) is 10.1 Å². The molecule has 0 unspecified atom stereocenters. The average Bonchev–Trinajstić information content (AvgIpc) is 2.69. The minimum atomic E-state index is -0.416. The number of unbranched alkanes of at least 4 members (excludes halogenated alkanes) is 1. The predicted octanol–water partition coefficient (Wildman–Crippen LogP) is 4.37. The zero-order chi connectivity index (χ0) is 19.1. The molecule has 1 heterocycles. The Bertz CT molecular complexity index is 913. The van der Waals surface area contributed by atoms with Crippen LogP contribution in [0.1, 0.15) is 25.3 Å². The molecule has 2 aromatic carbocycles. The van der Waals surface area contributed by atoms with E-state index in [1.54, 1.807) is 6.07 Å². The molecule has 7 heteroatoms. The molecule has 1 aromatic heterocycles. The first-order valence-corrected chi connectivity index (χ1v) is 9.02. The van der Waals surface area contributed by atoms with Gasteiger partial charge >= 0.3 is 0 Å². The lowest BCUT2D eigenvalue weighted by molar-refractivity contribution is -0.384. The summed E-state index contributed by atoms with van der Waals surface area (Å²) in [5.74, 6) is 1.48. The largest absolute Gasteiger partial charge is 0.494 e. The predicted molar refractivity (Wildman–Crippen MR) is 105 cm³/mol. The van der Waals surface area contributed by atoms with E-state index in [-0.39, 0.29) is 5.69 Å². The molecule has 0 aliphatic carbocycles. The van der Waals surface area contributed by atoms with Crippen LogP contribution in [0.5, 0.6) is 5.75 Å². The smallest absolute Gasteiger partial charge is 0.270 e. The van der Waals surface area contributed by atoms with E-state index in [1.807, 2.05) is 24.3 Å². The number of hydrogen-bond donors (Lipinski definition) is 1. The molecular weight excluding hydrogens is 344 g/mol. The fourth-order valence-electron chi connectivity index (χ4n) is 2.71. The number of nitrogens with zero attached hydrogens (tertiary/aromatic N) is 3. The van der Waals surface area contributed by atoms with E-state index >= 15 is 0 Å². The number of rotatable bonds is 9. The van der Waals surface area contributed by atoms with Gasteiger partial charge in [-0.1, -0.05) is 25.5 Å². The first-order valence-electron chi connectivity index (χ1n) is 9.02. The minimum Gasteiger partial charge on any atom is -0.494 e. The molecule has 140 valence electrons. The summed E-state index contributed by atoms with van der Waals surface area (Å²) in [5, 5.41) is 14.9. The number of nitrogens with one attached hydrogen (secondary N) is 1. The Labute approximate surface area is 157 Å². The van der Waals surface area contributed by atoms with Crippen LogP contribution in [0.25, 0.3) is 10.9 Å². The van der Waals surface area contributed by atoms with E-state index in [0.29, 0.717) is 23.3 Å². The van der Waals surface area contributed by atoms with Crippen LogP contribution < -0.4 is 10.1 Å². The average molecular weight is 366 g/mol. The maximum absolute atomic E-state index is 11.0. The Kier molecular flexibility index (Phi) is 6.14. The number of fused-ring (bicyclic) bond motifs is 1. The lowest BCUT2D eigenvalue weighted by Gasteiger charge is -2.09. The number of non-ortho nitro benzene ring substituents is 1. The Morgan fingerprint density at radius 3 is 2.70 bits per heavy atom. The highest BCUT2D eigenvalue weighted by molar-refractivity contribution is 5.90. The van der Waals surface area contributed by atoms with Crippen molar-refractivity contribution in [2.24, 2.45) is 0 Å². The lowest BCUT2D eigenvalue weighted by atomic mass is 10.1. The Morgan fingerprint density at radius 2 is 1.96 bits per heavy atom. The van der Waals surface area contributed by atoms with Gasteiger partial charge < -0.3 is 10.1 Å². The van der Waals surface area contributed by atoms with Gasteiger partial charge in [0.15, 0.2) is 0 Å². The Morgan fingerprint density at radius 1 is 1.15 bits per heavy atom. The number of ether oxygens (including phenoxy) is 1. The van der Waals surface area contributed by atoms with Crippen molar-refractivity contribution in [1.82, 2.24) is 9.97 Å². The van der Waals surface area contributed by atoms with Crippen molar-refractivity contribution < 1.29 is 9.66 Å². The molecule has 27 heavy (non-hydrogen) atoms. The van der Waals surface area contributed by atoms with Crippen molar-refractivity contribution in [1.29, 1.82) is 0 Å². The van der Waals surface area contributed by atoms with E-state index < -0.39 is 4.92 Å². The molecule has 0 aliphatic heterocycles. The van der Waals surface area contributed by atoms with Gasteiger partial charge in [0.25, 0.3) is 5.69 Å². The third-order valence-electron chi connectivity index (χ3n) is 4.23. The fraction of sp³-hybridized carbons (Fsp3) is 0.300. The highest BCUT2D eigenvalue weighted by atomic mass is 16.6. The van der Waals surface area contributed by atoms with Crippen LogP contribution in [-0.2, 0) is 6.42 Å². The van der Waals surface area contributed by atoms with E-state index in [2.05, 4.69) is 22.2 Å². The quantitative estimate of drug-likeness (QED) is 0.343. The van der Waals surface area contributed by atoms with E-state index in [0.717, 1.165) is 31.6 Å². The van der Waals surface area contributed by atoms with Crippen molar-refractivity contribution in [3.05, 3.63) is 64.5 Å². The molecule has 0 spiro atoms. The molecule has 0 atom stereocenters. The molecule has 0 saturated heterocycles. The minimum absolute atomic E-state index is 0.0269. The van der Waals surface area contributed by atoms with Gasteiger partial charge in [-0.3, -0.25) is 10.1 Å². The van der Waals surface area contributed by atoms with Gasteiger partial charge in [0.2, 0.25) is 0 Å². The van der Waals surface area contributed by atoms with E-state index in [9.17, 15) is 10.1 Å². The topological polar surface area (TPSA) is 90.2 Å². The first kappa shape index (κ1) is 18.6. The second kappa shape index (κ2) is 8.93. The van der Waals surface area contributed by atoms with Gasteiger partial charge in [-0.15, -0.1) is 0 Å². The summed E-state index contributed by atoms with van der Waals surface area (Å²) in [4.78, 5) is 19.0. The molecule has 3 rings (SSSR count). The fourth-order valence-corrected chi connectivity index (χ4v) is 2.71. The van der Waals surface area contributed by atoms with Crippen LogP contribution in [0.15, 0.2) is 48.8 Å². The van der Waals surface area contributed by atoms with Gasteiger partial charge in [-0.25, -0.2) is 9.97 Å². The van der Waals surface area contributed by atoms with Gasteiger partial charge in [-0.05, 0) is 36.6 Å². The molecule has 0 amide bonds. The van der Waals surface area contributed by atoms with Gasteiger partial charge in [0.05, 0.1) is 17.0 Å². The third kappa shape index (κ3) is 4.91. The van der Waals surface area contributed by atoms with Gasteiger partial charge in [0, 0.05) is 24.1 Å². The van der Waals surface area contributed by atoms with Crippen LogP contribution >= 0.6 is 0 Å². The zero-order valence-corrected chi connectivity index (χ0v) is 15.2. The molecule has 7 nitrogen and oxygen atoms in total. The summed E-state index contributed by atoms with van der Waals surface area (Å²) >= 11 is 0. The monoisotopic (exact) mass is 366 g/mol. The van der Waals surface area contributed by atoms with Gasteiger partial charge in [-0.2, -0.15) is 0 Å². The summed E-state index contributed by atoms with van der Waals surface area (Å²) in [7, 11) is 0. The second-order valence-corrected chi connectivity index (χ2v) is 6.20. The maximum atomic E-state index is 11.0. The van der Waals surface area contributed by atoms with E-state index in [1.165, 1.54) is 24.0 Å². The van der Waals surface area contributed by atoms with Crippen molar-refractivity contribution in [3.63, 3.8) is 0 Å². The Balaban J connectivity index is 1.61. The van der Waals surface area contributed by atoms with Crippen LogP contribution in [0.2, 0.25) is 0 Å². The number of nitro benzene ring substituents is 1. The van der Waals surface area contributed by atoms with Crippen molar-refractivity contribution >= 4 is 22.4 Å². The molecule has 3 aromatic rings. The number of nitro groups is 1. The SMILES string of the molecule is CCCCOc1ccc(CCNc2ncnc3ccc([N+](=O)[O-])cc23)cc1. The number of benzene rings is 2. The highest BCUT2D eigenvalue weighted by Crippen LogP contribution is 2.24.